The summed E-state index contributed by atoms with van der Waals surface area (Å²) in [6.45, 7) is 0.218. The van der Waals surface area contributed by atoms with Gasteiger partial charge in [-0.2, -0.15) is 0 Å². The van der Waals surface area contributed by atoms with Gasteiger partial charge in [0.1, 0.15) is 5.75 Å². The van der Waals surface area contributed by atoms with Gasteiger partial charge in [0.2, 0.25) is 5.91 Å². The fourth-order valence-electron chi connectivity index (χ4n) is 1.14. The number of rotatable bonds is 5. The first-order valence-corrected chi connectivity index (χ1v) is 5.28. The van der Waals surface area contributed by atoms with Crippen LogP contribution >= 0.6 is 11.6 Å². The third-order valence-electron chi connectivity index (χ3n) is 2.04. The minimum atomic E-state index is -0.0805. The van der Waals surface area contributed by atoms with Gasteiger partial charge in [0, 0.05) is 7.05 Å². The minimum absolute atomic E-state index is 0.0573. The highest BCUT2D eigenvalue weighted by Crippen LogP contribution is 2.25. The van der Waals surface area contributed by atoms with E-state index in [1.807, 2.05) is 0 Å². The predicted octanol–water partition coefficient (Wildman–Crippen LogP) is 1.35. The molecular weight excluding hydrogens is 230 g/mol. The van der Waals surface area contributed by atoms with Gasteiger partial charge in [-0.05, 0) is 17.7 Å². The standard InChI is InChI=1S/C11H14ClNO3/c1-13-11(15)4-5-16-10-3-2-8(7-14)6-9(10)12/h2-3,6,14H,4-5,7H2,1H3,(H,13,15). The topological polar surface area (TPSA) is 58.6 Å². The van der Waals surface area contributed by atoms with Crippen molar-refractivity contribution in [3.63, 3.8) is 0 Å². The molecule has 88 valence electrons. The molecule has 0 saturated carbocycles. The van der Waals surface area contributed by atoms with Crippen LogP contribution in [0.3, 0.4) is 0 Å². The van der Waals surface area contributed by atoms with Crippen molar-refractivity contribution in [2.24, 2.45) is 0 Å². The van der Waals surface area contributed by atoms with Gasteiger partial charge in [-0.25, -0.2) is 0 Å². The van der Waals surface area contributed by atoms with E-state index in [9.17, 15) is 4.79 Å². The Bertz CT molecular complexity index is 368. The number of amides is 1. The summed E-state index contributed by atoms with van der Waals surface area (Å²) in [6, 6.07) is 5.04. The summed E-state index contributed by atoms with van der Waals surface area (Å²) in [4.78, 5) is 10.9. The quantitative estimate of drug-likeness (QED) is 0.821. The molecule has 1 rings (SSSR count). The van der Waals surface area contributed by atoms with E-state index >= 15 is 0 Å². The first kappa shape index (κ1) is 12.8. The maximum absolute atomic E-state index is 10.9. The van der Waals surface area contributed by atoms with Crippen molar-refractivity contribution in [1.82, 2.24) is 5.32 Å². The molecule has 0 saturated heterocycles. The van der Waals surface area contributed by atoms with E-state index in [0.29, 0.717) is 10.8 Å². The Balaban J connectivity index is 2.51. The molecule has 0 aliphatic heterocycles. The van der Waals surface area contributed by atoms with Crippen LogP contribution < -0.4 is 10.1 Å². The smallest absolute Gasteiger partial charge is 0.223 e. The second-order valence-corrected chi connectivity index (χ2v) is 3.60. The third-order valence-corrected chi connectivity index (χ3v) is 2.34. The first-order valence-electron chi connectivity index (χ1n) is 4.90. The van der Waals surface area contributed by atoms with E-state index in [2.05, 4.69) is 5.32 Å². The Morgan fingerprint density at radius 1 is 1.56 bits per heavy atom. The number of hydrogen-bond donors (Lipinski definition) is 2. The lowest BCUT2D eigenvalue weighted by Crippen LogP contribution is -2.20. The van der Waals surface area contributed by atoms with Crippen LogP contribution in [-0.2, 0) is 11.4 Å². The van der Waals surface area contributed by atoms with Gasteiger partial charge in [0.25, 0.3) is 0 Å². The number of aliphatic hydroxyl groups excluding tert-OH is 1. The van der Waals surface area contributed by atoms with Gasteiger partial charge in [0.05, 0.1) is 24.7 Å². The molecule has 4 nitrogen and oxygen atoms in total. The molecule has 1 aromatic carbocycles. The van der Waals surface area contributed by atoms with Crippen LogP contribution in [0.25, 0.3) is 0 Å². The number of hydrogen-bond acceptors (Lipinski definition) is 3. The number of carbonyl (C=O) groups excluding carboxylic acids is 1. The third kappa shape index (κ3) is 3.72. The molecule has 0 heterocycles. The molecular formula is C11H14ClNO3. The monoisotopic (exact) mass is 243 g/mol. The minimum Gasteiger partial charge on any atom is -0.491 e. The summed E-state index contributed by atoms with van der Waals surface area (Å²) in [5, 5.41) is 11.8. The number of halogens is 1. The van der Waals surface area contributed by atoms with E-state index in [0.717, 1.165) is 5.56 Å². The SMILES string of the molecule is CNC(=O)CCOc1ccc(CO)cc1Cl. The van der Waals surface area contributed by atoms with Gasteiger partial charge in [-0.1, -0.05) is 17.7 Å². The highest BCUT2D eigenvalue weighted by Gasteiger charge is 2.04. The number of benzene rings is 1. The Kier molecular flexibility index (Phi) is 5.08. The van der Waals surface area contributed by atoms with E-state index in [4.69, 9.17) is 21.4 Å². The van der Waals surface area contributed by atoms with Crippen LogP contribution in [0.4, 0.5) is 0 Å². The maximum Gasteiger partial charge on any atom is 0.223 e. The lowest BCUT2D eigenvalue weighted by Gasteiger charge is -2.08. The van der Waals surface area contributed by atoms with Gasteiger partial charge < -0.3 is 15.2 Å². The molecule has 0 radical (unpaired) electrons. The van der Waals surface area contributed by atoms with E-state index in [1.54, 1.807) is 25.2 Å². The summed E-state index contributed by atoms with van der Waals surface area (Å²) < 4.78 is 5.33. The highest BCUT2D eigenvalue weighted by atomic mass is 35.5. The fourth-order valence-corrected chi connectivity index (χ4v) is 1.40. The van der Waals surface area contributed by atoms with Crippen molar-refractivity contribution < 1.29 is 14.6 Å². The van der Waals surface area contributed by atoms with Crippen LogP contribution in [0, 0.1) is 0 Å². The first-order chi connectivity index (χ1) is 7.67. The Labute approximate surface area is 99.2 Å². The molecule has 1 aromatic rings. The molecule has 0 aromatic heterocycles. The highest BCUT2D eigenvalue weighted by molar-refractivity contribution is 6.32. The fraction of sp³-hybridized carbons (Fsp3) is 0.364. The summed E-state index contributed by atoms with van der Waals surface area (Å²) in [7, 11) is 1.57. The molecule has 5 heteroatoms. The summed E-state index contributed by atoms with van der Waals surface area (Å²) >= 11 is 5.92. The van der Waals surface area contributed by atoms with Gasteiger partial charge in [0.15, 0.2) is 0 Å². The zero-order valence-corrected chi connectivity index (χ0v) is 9.75. The van der Waals surface area contributed by atoms with Crippen molar-refractivity contribution in [3.05, 3.63) is 28.8 Å². The van der Waals surface area contributed by atoms with E-state index in [1.165, 1.54) is 0 Å². The normalized spacial score (nSPS) is 9.94. The number of aliphatic hydroxyl groups is 1. The maximum atomic E-state index is 10.9. The van der Waals surface area contributed by atoms with Crippen LogP contribution in [0.5, 0.6) is 5.75 Å². The van der Waals surface area contributed by atoms with Gasteiger partial charge in [-0.3, -0.25) is 4.79 Å². The van der Waals surface area contributed by atoms with Crippen molar-refractivity contribution in [2.75, 3.05) is 13.7 Å². The molecule has 2 N–H and O–H groups in total. The molecule has 1 amide bonds. The number of carbonyl (C=O) groups is 1. The van der Waals surface area contributed by atoms with Gasteiger partial charge >= 0.3 is 0 Å². The summed E-state index contributed by atoms with van der Waals surface area (Å²) in [5.74, 6) is 0.436. The lowest BCUT2D eigenvalue weighted by molar-refractivity contribution is -0.121. The molecule has 0 bridgehead atoms. The predicted molar refractivity (Wildman–Crippen MR) is 61.6 cm³/mol. The van der Waals surface area contributed by atoms with Crippen molar-refractivity contribution >= 4 is 17.5 Å². The Morgan fingerprint density at radius 2 is 2.31 bits per heavy atom. The second-order valence-electron chi connectivity index (χ2n) is 3.19. The lowest BCUT2D eigenvalue weighted by atomic mass is 10.2. The molecule has 0 unspecified atom stereocenters. The second kappa shape index (κ2) is 6.35. The van der Waals surface area contributed by atoms with Crippen LogP contribution in [0.15, 0.2) is 18.2 Å². The molecule has 0 atom stereocenters. The molecule has 16 heavy (non-hydrogen) atoms. The number of ether oxygens (including phenoxy) is 1. The average Bonchev–Trinajstić information content (AvgIpc) is 2.30. The van der Waals surface area contributed by atoms with Crippen molar-refractivity contribution in [1.29, 1.82) is 0 Å². The molecule has 0 aliphatic rings. The van der Waals surface area contributed by atoms with Crippen molar-refractivity contribution in [3.8, 4) is 5.75 Å². The van der Waals surface area contributed by atoms with Gasteiger partial charge in [-0.15, -0.1) is 0 Å². The van der Waals surface area contributed by atoms with Crippen LogP contribution in [0.1, 0.15) is 12.0 Å². The molecule has 0 spiro atoms. The average molecular weight is 244 g/mol. The molecule has 0 aliphatic carbocycles. The zero-order valence-electron chi connectivity index (χ0n) is 9.00. The zero-order chi connectivity index (χ0) is 12.0. The Morgan fingerprint density at radius 3 is 2.88 bits per heavy atom. The largest absolute Gasteiger partial charge is 0.491 e. The summed E-state index contributed by atoms with van der Waals surface area (Å²) in [6.07, 6.45) is 0.286. The van der Waals surface area contributed by atoms with E-state index < -0.39 is 0 Å². The van der Waals surface area contributed by atoms with Crippen LogP contribution in [-0.4, -0.2) is 24.7 Å². The van der Waals surface area contributed by atoms with Crippen molar-refractivity contribution in [2.45, 2.75) is 13.0 Å². The number of nitrogens with one attached hydrogen (secondary N) is 1. The molecule has 0 fully saturated rings. The van der Waals surface area contributed by atoms with E-state index in [-0.39, 0.29) is 25.5 Å². The summed E-state index contributed by atoms with van der Waals surface area (Å²) in [5.41, 5.74) is 0.726. The Hall–Kier alpha value is -1.26. The van der Waals surface area contributed by atoms with Crippen LogP contribution in [0.2, 0.25) is 5.02 Å².